The number of imidazole rings is 1. The summed E-state index contributed by atoms with van der Waals surface area (Å²) in [6, 6.07) is 5.15. The van der Waals surface area contributed by atoms with Crippen LogP contribution in [0.4, 0.5) is 0 Å². The van der Waals surface area contributed by atoms with Crippen LogP contribution in [0.2, 0.25) is 0 Å². The van der Waals surface area contributed by atoms with Crippen molar-refractivity contribution in [1.82, 2.24) is 19.7 Å². The number of rotatable bonds is 7. The first-order chi connectivity index (χ1) is 18.2. The standard InChI is InChI=1S/C29H43N5O4/c1-7-19(2)26(35)30-25(21-11-9-8-10-12-21)28(36)34-16-15-33(18-20(34)3)29(37)27-31(4)23-14-13-22(38-6)17-24(23)32(27)5/h13-14,17,19-21,25H,7-12,15-16,18H2,1-6H3/p+1/t19-,20+,25+/m1/s1. The van der Waals surface area contributed by atoms with Gasteiger partial charge in [0.15, 0.2) is 11.0 Å². The summed E-state index contributed by atoms with van der Waals surface area (Å²) in [7, 11) is 5.43. The van der Waals surface area contributed by atoms with Crippen LogP contribution in [0.1, 0.15) is 69.9 Å². The molecule has 9 heteroatoms. The smallest absolute Gasteiger partial charge is 0.348 e. The van der Waals surface area contributed by atoms with Gasteiger partial charge in [0.2, 0.25) is 11.8 Å². The number of methoxy groups -OCH3 is 1. The third-order valence-electron chi connectivity index (χ3n) is 8.67. The monoisotopic (exact) mass is 526 g/mol. The van der Waals surface area contributed by atoms with E-state index in [4.69, 9.17) is 4.74 Å². The van der Waals surface area contributed by atoms with E-state index in [9.17, 15) is 14.4 Å². The molecule has 0 bridgehead atoms. The molecule has 2 aromatic rings. The van der Waals surface area contributed by atoms with Crippen molar-refractivity contribution in [3.05, 3.63) is 24.0 Å². The van der Waals surface area contributed by atoms with Crippen molar-refractivity contribution in [2.45, 2.75) is 71.4 Å². The Balaban J connectivity index is 1.51. The summed E-state index contributed by atoms with van der Waals surface area (Å²) >= 11 is 0. The number of ether oxygens (including phenoxy) is 1. The molecule has 1 aliphatic carbocycles. The van der Waals surface area contributed by atoms with Gasteiger partial charge in [-0.05, 0) is 44.2 Å². The van der Waals surface area contributed by atoms with E-state index in [2.05, 4.69) is 5.32 Å². The minimum Gasteiger partial charge on any atom is -0.497 e. The maximum absolute atomic E-state index is 13.9. The average molecular weight is 527 g/mol. The zero-order valence-corrected chi connectivity index (χ0v) is 23.8. The molecule has 208 valence electrons. The fourth-order valence-corrected chi connectivity index (χ4v) is 6.04. The van der Waals surface area contributed by atoms with Gasteiger partial charge < -0.3 is 19.9 Å². The molecule has 1 aliphatic heterocycles. The summed E-state index contributed by atoms with van der Waals surface area (Å²) in [4.78, 5) is 44.1. The molecular formula is C29H44N5O4+. The maximum atomic E-state index is 13.9. The Hall–Kier alpha value is -3.10. The number of aromatic nitrogens is 2. The highest BCUT2D eigenvalue weighted by Gasteiger charge is 2.40. The van der Waals surface area contributed by atoms with Gasteiger partial charge in [-0.15, -0.1) is 0 Å². The second-order valence-electron chi connectivity index (χ2n) is 11.1. The molecule has 9 nitrogen and oxygen atoms in total. The lowest BCUT2D eigenvalue weighted by molar-refractivity contribution is -0.648. The highest BCUT2D eigenvalue weighted by Crippen LogP contribution is 2.29. The number of fused-ring (bicyclic) bond motifs is 1. The normalized spacial score (nSPS) is 20.3. The third kappa shape index (κ3) is 5.38. The van der Waals surface area contributed by atoms with E-state index in [1.807, 2.05) is 72.0 Å². The second-order valence-corrected chi connectivity index (χ2v) is 11.1. The predicted molar refractivity (Wildman–Crippen MR) is 146 cm³/mol. The van der Waals surface area contributed by atoms with E-state index in [1.165, 1.54) is 6.42 Å². The summed E-state index contributed by atoms with van der Waals surface area (Å²) in [5.74, 6) is 1.27. The molecule has 1 aromatic heterocycles. The van der Waals surface area contributed by atoms with Gasteiger partial charge in [0, 0.05) is 37.7 Å². The van der Waals surface area contributed by atoms with Gasteiger partial charge in [0.1, 0.15) is 11.8 Å². The van der Waals surface area contributed by atoms with Crippen molar-refractivity contribution in [3.63, 3.8) is 0 Å². The van der Waals surface area contributed by atoms with Gasteiger partial charge in [-0.25, -0.2) is 9.13 Å². The van der Waals surface area contributed by atoms with Crippen LogP contribution in [0.25, 0.3) is 11.0 Å². The first-order valence-electron chi connectivity index (χ1n) is 14.1. The minimum atomic E-state index is -0.493. The lowest BCUT2D eigenvalue weighted by atomic mass is 9.82. The van der Waals surface area contributed by atoms with Crippen LogP contribution in [0.5, 0.6) is 5.75 Å². The predicted octanol–water partition coefficient (Wildman–Crippen LogP) is 2.80. The first-order valence-corrected chi connectivity index (χ1v) is 14.1. The summed E-state index contributed by atoms with van der Waals surface area (Å²) < 4.78 is 9.20. The van der Waals surface area contributed by atoms with Crippen molar-refractivity contribution >= 4 is 28.8 Å². The molecule has 4 rings (SSSR count). The summed E-state index contributed by atoms with van der Waals surface area (Å²) in [5, 5.41) is 3.13. The molecule has 38 heavy (non-hydrogen) atoms. The fraction of sp³-hybridized carbons (Fsp3) is 0.655. The van der Waals surface area contributed by atoms with Crippen molar-refractivity contribution in [2.24, 2.45) is 25.9 Å². The molecule has 0 radical (unpaired) electrons. The molecule has 2 heterocycles. The summed E-state index contributed by atoms with van der Waals surface area (Å²) in [6.45, 7) is 7.26. The third-order valence-corrected chi connectivity index (χ3v) is 8.67. The Morgan fingerprint density at radius 2 is 1.87 bits per heavy atom. The van der Waals surface area contributed by atoms with Crippen molar-refractivity contribution < 1.29 is 23.7 Å². The molecule has 2 aliphatic rings. The number of aryl methyl sites for hydroxylation is 2. The molecule has 1 saturated carbocycles. The molecule has 3 amide bonds. The number of benzene rings is 1. The SMILES string of the molecule is CC[C@@H](C)C(=O)N[C@H](C(=O)N1CCN(C(=O)c2n(C)c3cc(OC)ccc3[n+]2C)C[C@@H]1C)C1CCCCC1. The lowest BCUT2D eigenvalue weighted by Crippen LogP contribution is -2.61. The number of carbonyl (C=O) groups excluding carboxylic acids is 3. The van der Waals surface area contributed by atoms with E-state index in [0.717, 1.165) is 48.9 Å². The van der Waals surface area contributed by atoms with Crippen LogP contribution < -0.4 is 14.6 Å². The number of hydrogen-bond donors (Lipinski definition) is 1. The van der Waals surface area contributed by atoms with Crippen LogP contribution in [0.3, 0.4) is 0 Å². The number of nitrogens with one attached hydrogen (secondary N) is 1. The van der Waals surface area contributed by atoms with Gasteiger partial charge in [0.25, 0.3) is 0 Å². The Morgan fingerprint density at radius 3 is 2.50 bits per heavy atom. The number of amides is 3. The van der Waals surface area contributed by atoms with Gasteiger partial charge >= 0.3 is 11.7 Å². The van der Waals surface area contributed by atoms with E-state index >= 15 is 0 Å². The maximum Gasteiger partial charge on any atom is 0.348 e. The van der Waals surface area contributed by atoms with Gasteiger partial charge in [-0.2, -0.15) is 0 Å². The Labute approximate surface area is 226 Å². The fourth-order valence-electron chi connectivity index (χ4n) is 6.04. The average Bonchev–Trinajstić information content (AvgIpc) is 3.19. The Kier molecular flexibility index (Phi) is 8.63. The van der Waals surface area contributed by atoms with Crippen LogP contribution >= 0.6 is 0 Å². The molecule has 1 saturated heterocycles. The molecule has 1 N–H and O–H groups in total. The molecule has 3 atom stereocenters. The highest BCUT2D eigenvalue weighted by atomic mass is 16.5. The first kappa shape index (κ1) is 27.9. The Morgan fingerprint density at radius 1 is 1.16 bits per heavy atom. The van der Waals surface area contributed by atoms with Crippen molar-refractivity contribution in [1.29, 1.82) is 0 Å². The molecule has 2 fully saturated rings. The highest BCUT2D eigenvalue weighted by molar-refractivity contribution is 5.93. The largest absolute Gasteiger partial charge is 0.497 e. The molecular weight excluding hydrogens is 482 g/mol. The van der Waals surface area contributed by atoms with Gasteiger partial charge in [-0.1, -0.05) is 33.1 Å². The Bertz CT molecular complexity index is 1190. The van der Waals surface area contributed by atoms with Crippen LogP contribution in [-0.4, -0.2) is 70.9 Å². The van der Waals surface area contributed by atoms with E-state index in [-0.39, 0.29) is 35.6 Å². The molecule has 1 aromatic carbocycles. The molecule has 0 unspecified atom stereocenters. The lowest BCUT2D eigenvalue weighted by Gasteiger charge is -2.42. The van der Waals surface area contributed by atoms with Gasteiger partial charge in [0.05, 0.1) is 21.2 Å². The zero-order valence-electron chi connectivity index (χ0n) is 23.8. The number of hydrogen-bond acceptors (Lipinski definition) is 4. The zero-order chi connectivity index (χ0) is 27.6. The van der Waals surface area contributed by atoms with E-state index in [1.54, 1.807) is 7.11 Å². The van der Waals surface area contributed by atoms with Crippen LogP contribution in [0.15, 0.2) is 18.2 Å². The van der Waals surface area contributed by atoms with Crippen molar-refractivity contribution in [3.8, 4) is 5.75 Å². The summed E-state index contributed by atoms with van der Waals surface area (Å²) in [6.07, 6.45) is 6.05. The van der Waals surface area contributed by atoms with Gasteiger partial charge in [-0.3, -0.25) is 14.4 Å². The van der Waals surface area contributed by atoms with Crippen LogP contribution in [0, 0.1) is 11.8 Å². The van der Waals surface area contributed by atoms with E-state index < -0.39 is 6.04 Å². The summed E-state index contributed by atoms with van der Waals surface area (Å²) in [5.41, 5.74) is 1.87. The minimum absolute atomic E-state index is 0.00425. The van der Waals surface area contributed by atoms with Crippen LogP contribution in [-0.2, 0) is 23.7 Å². The topological polar surface area (TPSA) is 87.8 Å². The number of nitrogens with zero attached hydrogens (tertiary/aromatic N) is 4. The molecule has 0 spiro atoms. The van der Waals surface area contributed by atoms with E-state index in [0.29, 0.717) is 25.5 Å². The van der Waals surface area contributed by atoms with Crippen molar-refractivity contribution in [2.75, 3.05) is 26.7 Å². The second kappa shape index (κ2) is 11.7. The number of piperazine rings is 1. The quantitative estimate of drug-likeness (QED) is 0.562. The number of carbonyl (C=O) groups is 3.